The molecule has 0 amide bonds. The highest BCUT2D eigenvalue weighted by Crippen LogP contribution is 2.31. The van der Waals surface area contributed by atoms with E-state index in [1.54, 1.807) is 0 Å². The molecule has 2 N–H and O–H groups in total. The minimum atomic E-state index is 0.467. The van der Waals surface area contributed by atoms with Crippen LogP contribution in [0.5, 0.6) is 5.75 Å². The van der Waals surface area contributed by atoms with Gasteiger partial charge in [-0.15, -0.1) is 0 Å². The fourth-order valence-corrected chi connectivity index (χ4v) is 2.21. The van der Waals surface area contributed by atoms with Crippen LogP contribution in [-0.4, -0.2) is 18.2 Å². The number of aryl methyl sites for hydroxylation is 1. The second kappa shape index (κ2) is 3.62. The third kappa shape index (κ3) is 1.50. The zero-order chi connectivity index (χ0) is 10.1. The second-order valence-electron chi connectivity index (χ2n) is 4.14. The summed E-state index contributed by atoms with van der Waals surface area (Å²) in [5.41, 5.74) is 3.33. The largest absolute Gasteiger partial charge is 0.507 e. The van der Waals surface area contributed by atoms with Crippen LogP contribution in [0.1, 0.15) is 29.0 Å². The fourth-order valence-electron chi connectivity index (χ4n) is 2.21. The standard InChI is InChI=1S/C12H17NO/c1-8-3-4-11(9(2)12(8)14)10-5-6-13-7-10/h3-4,10,13-14H,5-7H2,1-2H3. The van der Waals surface area contributed by atoms with Crippen LogP contribution in [0.15, 0.2) is 12.1 Å². The summed E-state index contributed by atoms with van der Waals surface area (Å²) in [5, 5.41) is 13.2. The third-order valence-electron chi connectivity index (χ3n) is 3.17. The molecule has 2 nitrogen and oxygen atoms in total. The van der Waals surface area contributed by atoms with Crippen LogP contribution >= 0.6 is 0 Å². The van der Waals surface area contributed by atoms with Gasteiger partial charge in [0.2, 0.25) is 0 Å². The summed E-state index contributed by atoms with van der Waals surface area (Å²) in [7, 11) is 0. The van der Waals surface area contributed by atoms with Crippen molar-refractivity contribution in [3.63, 3.8) is 0 Å². The van der Waals surface area contributed by atoms with Gasteiger partial charge in [-0.3, -0.25) is 0 Å². The van der Waals surface area contributed by atoms with E-state index in [4.69, 9.17) is 0 Å². The van der Waals surface area contributed by atoms with Gasteiger partial charge >= 0.3 is 0 Å². The minimum absolute atomic E-state index is 0.467. The maximum atomic E-state index is 9.83. The smallest absolute Gasteiger partial charge is 0.121 e. The average molecular weight is 191 g/mol. The van der Waals surface area contributed by atoms with E-state index in [2.05, 4.69) is 11.4 Å². The Kier molecular flexibility index (Phi) is 2.46. The first-order valence-corrected chi connectivity index (χ1v) is 5.20. The molecule has 14 heavy (non-hydrogen) atoms. The van der Waals surface area contributed by atoms with E-state index in [-0.39, 0.29) is 0 Å². The van der Waals surface area contributed by atoms with E-state index >= 15 is 0 Å². The molecule has 1 saturated heterocycles. The van der Waals surface area contributed by atoms with E-state index in [1.165, 1.54) is 12.0 Å². The summed E-state index contributed by atoms with van der Waals surface area (Å²) in [6.45, 7) is 6.09. The molecule has 2 rings (SSSR count). The van der Waals surface area contributed by atoms with Crippen molar-refractivity contribution in [2.75, 3.05) is 13.1 Å². The molecule has 0 bridgehead atoms. The lowest BCUT2D eigenvalue weighted by atomic mass is 9.92. The van der Waals surface area contributed by atoms with Crippen LogP contribution in [0.25, 0.3) is 0 Å². The monoisotopic (exact) mass is 191 g/mol. The van der Waals surface area contributed by atoms with Crippen molar-refractivity contribution in [2.45, 2.75) is 26.2 Å². The number of rotatable bonds is 1. The van der Waals surface area contributed by atoms with Crippen molar-refractivity contribution in [2.24, 2.45) is 0 Å². The molecule has 1 unspecified atom stereocenters. The SMILES string of the molecule is Cc1ccc(C2CCNC2)c(C)c1O. The zero-order valence-electron chi connectivity index (χ0n) is 8.80. The van der Waals surface area contributed by atoms with Gasteiger partial charge in [0.05, 0.1) is 0 Å². The highest BCUT2D eigenvalue weighted by atomic mass is 16.3. The molecule has 1 aliphatic rings. The summed E-state index contributed by atoms with van der Waals surface area (Å²) in [4.78, 5) is 0. The maximum Gasteiger partial charge on any atom is 0.121 e. The van der Waals surface area contributed by atoms with Crippen molar-refractivity contribution < 1.29 is 5.11 Å². The van der Waals surface area contributed by atoms with Gasteiger partial charge in [0.15, 0.2) is 0 Å². The number of benzene rings is 1. The summed E-state index contributed by atoms with van der Waals surface area (Å²) < 4.78 is 0. The van der Waals surface area contributed by atoms with Gasteiger partial charge in [0.1, 0.15) is 5.75 Å². The molecule has 1 fully saturated rings. The lowest BCUT2D eigenvalue weighted by Gasteiger charge is -2.14. The first-order chi connectivity index (χ1) is 6.70. The van der Waals surface area contributed by atoms with Crippen molar-refractivity contribution in [3.8, 4) is 5.75 Å². The Bertz CT molecular complexity index is 340. The lowest BCUT2D eigenvalue weighted by Crippen LogP contribution is -2.08. The van der Waals surface area contributed by atoms with E-state index in [0.29, 0.717) is 11.7 Å². The average Bonchev–Trinajstić information content (AvgIpc) is 2.67. The van der Waals surface area contributed by atoms with Crippen LogP contribution in [0.4, 0.5) is 0 Å². The van der Waals surface area contributed by atoms with Crippen molar-refractivity contribution in [1.82, 2.24) is 5.32 Å². The van der Waals surface area contributed by atoms with Crippen molar-refractivity contribution in [3.05, 3.63) is 28.8 Å². The van der Waals surface area contributed by atoms with Gasteiger partial charge in [-0.1, -0.05) is 12.1 Å². The predicted octanol–water partition coefficient (Wildman–Crippen LogP) is 2.09. The van der Waals surface area contributed by atoms with Gasteiger partial charge in [-0.05, 0) is 49.4 Å². The summed E-state index contributed by atoms with van der Waals surface area (Å²) in [6.07, 6.45) is 1.18. The molecule has 0 aliphatic carbocycles. The van der Waals surface area contributed by atoms with E-state index in [1.807, 2.05) is 19.9 Å². The Morgan fingerprint density at radius 2 is 2.14 bits per heavy atom. The molecule has 76 valence electrons. The van der Waals surface area contributed by atoms with Crippen LogP contribution in [0.3, 0.4) is 0 Å². The molecule has 0 spiro atoms. The molecule has 2 heteroatoms. The van der Waals surface area contributed by atoms with E-state index in [9.17, 15) is 5.11 Å². The number of hydrogen-bond acceptors (Lipinski definition) is 2. The molecular formula is C12H17NO. The normalized spacial score (nSPS) is 21.4. The molecule has 1 aromatic rings. The third-order valence-corrected chi connectivity index (χ3v) is 3.17. The minimum Gasteiger partial charge on any atom is -0.507 e. The predicted molar refractivity (Wildman–Crippen MR) is 57.8 cm³/mol. The first-order valence-electron chi connectivity index (χ1n) is 5.20. The van der Waals surface area contributed by atoms with Crippen molar-refractivity contribution in [1.29, 1.82) is 0 Å². The molecule has 0 aromatic heterocycles. The molecule has 1 heterocycles. The van der Waals surface area contributed by atoms with Crippen LogP contribution in [0, 0.1) is 13.8 Å². The molecule has 0 saturated carbocycles. The highest BCUT2D eigenvalue weighted by Gasteiger charge is 2.19. The quantitative estimate of drug-likeness (QED) is 0.712. The van der Waals surface area contributed by atoms with Gasteiger partial charge in [-0.2, -0.15) is 0 Å². The number of phenols is 1. The Hall–Kier alpha value is -1.02. The van der Waals surface area contributed by atoms with Crippen LogP contribution in [0.2, 0.25) is 0 Å². The highest BCUT2D eigenvalue weighted by molar-refractivity contribution is 5.45. The molecule has 0 radical (unpaired) electrons. The Labute approximate surface area is 85.0 Å². The van der Waals surface area contributed by atoms with Crippen LogP contribution < -0.4 is 5.32 Å². The Balaban J connectivity index is 2.38. The van der Waals surface area contributed by atoms with Crippen molar-refractivity contribution >= 4 is 0 Å². The molecule has 1 atom stereocenters. The summed E-state index contributed by atoms with van der Waals surface area (Å²) in [5.74, 6) is 1.05. The van der Waals surface area contributed by atoms with E-state index in [0.717, 1.165) is 24.2 Å². The number of aromatic hydroxyl groups is 1. The van der Waals surface area contributed by atoms with Gasteiger partial charge in [-0.25, -0.2) is 0 Å². The van der Waals surface area contributed by atoms with Gasteiger partial charge < -0.3 is 10.4 Å². The molecule has 1 aliphatic heterocycles. The number of phenolic OH excluding ortho intramolecular Hbond substituents is 1. The summed E-state index contributed by atoms with van der Waals surface area (Å²) in [6, 6.07) is 4.16. The Morgan fingerprint density at radius 1 is 1.36 bits per heavy atom. The fraction of sp³-hybridized carbons (Fsp3) is 0.500. The van der Waals surface area contributed by atoms with Gasteiger partial charge in [0.25, 0.3) is 0 Å². The maximum absolute atomic E-state index is 9.83. The Morgan fingerprint density at radius 3 is 2.79 bits per heavy atom. The van der Waals surface area contributed by atoms with E-state index < -0.39 is 0 Å². The number of nitrogens with one attached hydrogen (secondary N) is 1. The summed E-state index contributed by atoms with van der Waals surface area (Å²) >= 11 is 0. The van der Waals surface area contributed by atoms with Gasteiger partial charge in [0, 0.05) is 6.54 Å². The topological polar surface area (TPSA) is 32.3 Å². The van der Waals surface area contributed by atoms with Crippen LogP contribution in [-0.2, 0) is 0 Å². The first kappa shape index (κ1) is 9.53. The second-order valence-corrected chi connectivity index (χ2v) is 4.14. The molecule has 1 aromatic carbocycles. The zero-order valence-corrected chi connectivity index (χ0v) is 8.80. The molecular weight excluding hydrogens is 174 g/mol. The lowest BCUT2D eigenvalue weighted by molar-refractivity contribution is 0.465. The number of hydrogen-bond donors (Lipinski definition) is 2.